The van der Waals surface area contributed by atoms with Crippen LogP contribution in [-0.2, 0) is 5.75 Å². The van der Waals surface area contributed by atoms with Crippen LogP contribution in [0.15, 0.2) is 53.4 Å². The second-order valence-corrected chi connectivity index (χ2v) is 6.34. The molecule has 21 heavy (non-hydrogen) atoms. The summed E-state index contributed by atoms with van der Waals surface area (Å²) >= 11 is 7.96. The quantitative estimate of drug-likeness (QED) is 0.416. The predicted molar refractivity (Wildman–Crippen MR) is 91.9 cm³/mol. The average molecular weight is 315 g/mol. The summed E-state index contributed by atoms with van der Waals surface area (Å²) in [5.74, 6) is 0.754. The molecule has 0 amide bonds. The number of aromatic nitrogens is 1. The SMILES string of the molecule is Cc1ccc(SCc2cc3ccccc3nc2Cl)c(N)c1. The van der Waals surface area contributed by atoms with Gasteiger partial charge in [0.05, 0.1) is 5.52 Å². The van der Waals surface area contributed by atoms with Crippen LogP contribution in [0.5, 0.6) is 0 Å². The maximum absolute atomic E-state index is 6.28. The Balaban J connectivity index is 1.86. The van der Waals surface area contributed by atoms with Gasteiger partial charge < -0.3 is 5.73 Å². The van der Waals surface area contributed by atoms with Crippen molar-refractivity contribution in [1.29, 1.82) is 0 Å². The zero-order valence-electron chi connectivity index (χ0n) is 11.6. The molecule has 4 heteroatoms. The van der Waals surface area contributed by atoms with E-state index in [1.807, 2.05) is 37.3 Å². The Morgan fingerprint density at radius 3 is 2.76 bits per heavy atom. The number of nitrogen functional groups attached to an aromatic ring is 1. The number of halogens is 1. The molecule has 0 saturated carbocycles. The van der Waals surface area contributed by atoms with Crippen molar-refractivity contribution in [1.82, 2.24) is 4.98 Å². The normalized spacial score (nSPS) is 11.0. The number of anilines is 1. The first-order chi connectivity index (χ1) is 10.1. The van der Waals surface area contributed by atoms with Crippen LogP contribution in [-0.4, -0.2) is 4.98 Å². The molecule has 0 saturated heterocycles. The van der Waals surface area contributed by atoms with Gasteiger partial charge in [-0.2, -0.15) is 0 Å². The van der Waals surface area contributed by atoms with Crippen LogP contribution in [0.2, 0.25) is 5.15 Å². The standard InChI is InChI=1S/C17H15ClN2S/c1-11-6-7-16(14(19)8-11)21-10-13-9-12-4-2-3-5-15(12)20-17(13)18/h2-9H,10,19H2,1H3. The van der Waals surface area contributed by atoms with E-state index in [1.165, 1.54) is 5.56 Å². The third-order valence-electron chi connectivity index (χ3n) is 3.30. The molecule has 0 unspecified atom stereocenters. The average Bonchev–Trinajstić information content (AvgIpc) is 2.46. The molecule has 0 radical (unpaired) electrons. The van der Waals surface area contributed by atoms with Crippen LogP contribution in [0.1, 0.15) is 11.1 Å². The molecule has 0 aliphatic carbocycles. The number of pyridine rings is 1. The van der Waals surface area contributed by atoms with Gasteiger partial charge in [0, 0.05) is 27.3 Å². The summed E-state index contributed by atoms with van der Waals surface area (Å²) < 4.78 is 0. The predicted octanol–water partition coefficient (Wildman–Crippen LogP) is 5.07. The topological polar surface area (TPSA) is 38.9 Å². The molecular weight excluding hydrogens is 300 g/mol. The lowest BCUT2D eigenvalue weighted by Crippen LogP contribution is -1.92. The lowest BCUT2D eigenvalue weighted by atomic mass is 10.2. The maximum atomic E-state index is 6.28. The van der Waals surface area contributed by atoms with E-state index in [0.717, 1.165) is 32.8 Å². The first kappa shape index (κ1) is 14.2. The largest absolute Gasteiger partial charge is 0.398 e. The van der Waals surface area contributed by atoms with E-state index in [9.17, 15) is 0 Å². The molecule has 0 aliphatic rings. The molecule has 0 spiro atoms. The number of benzene rings is 2. The molecule has 3 aromatic rings. The molecule has 0 aliphatic heterocycles. The molecule has 0 fully saturated rings. The number of nitrogens with zero attached hydrogens (tertiary/aromatic N) is 1. The minimum absolute atomic E-state index is 0.562. The molecule has 3 rings (SSSR count). The second kappa shape index (κ2) is 5.96. The van der Waals surface area contributed by atoms with E-state index in [1.54, 1.807) is 11.8 Å². The van der Waals surface area contributed by atoms with E-state index < -0.39 is 0 Å². The highest BCUT2D eigenvalue weighted by Crippen LogP contribution is 2.31. The van der Waals surface area contributed by atoms with Gasteiger partial charge in [0.25, 0.3) is 0 Å². The Morgan fingerprint density at radius 2 is 1.95 bits per heavy atom. The molecule has 2 aromatic carbocycles. The summed E-state index contributed by atoms with van der Waals surface area (Å²) in [7, 11) is 0. The summed E-state index contributed by atoms with van der Waals surface area (Å²) in [5.41, 5.74) is 9.97. The summed E-state index contributed by atoms with van der Waals surface area (Å²) in [6, 6.07) is 16.2. The van der Waals surface area contributed by atoms with Gasteiger partial charge in [-0.15, -0.1) is 11.8 Å². The van der Waals surface area contributed by atoms with E-state index in [4.69, 9.17) is 17.3 Å². The molecule has 2 N–H and O–H groups in total. The molecule has 106 valence electrons. The fraction of sp³-hybridized carbons (Fsp3) is 0.118. The number of thioether (sulfide) groups is 1. The molecular formula is C17H15ClN2S. The number of aryl methyl sites for hydroxylation is 1. The van der Waals surface area contributed by atoms with Crippen molar-refractivity contribution in [2.45, 2.75) is 17.6 Å². The Hall–Kier alpha value is -1.71. The van der Waals surface area contributed by atoms with Crippen molar-refractivity contribution in [3.63, 3.8) is 0 Å². The van der Waals surface area contributed by atoms with Crippen LogP contribution in [0.25, 0.3) is 10.9 Å². The van der Waals surface area contributed by atoms with Crippen molar-refractivity contribution in [2.24, 2.45) is 0 Å². The van der Waals surface area contributed by atoms with E-state index >= 15 is 0 Å². The van der Waals surface area contributed by atoms with Gasteiger partial charge in [-0.05, 0) is 36.8 Å². The van der Waals surface area contributed by atoms with Gasteiger partial charge in [-0.25, -0.2) is 4.98 Å². The van der Waals surface area contributed by atoms with Gasteiger partial charge in [-0.3, -0.25) is 0 Å². The molecule has 1 aromatic heterocycles. The van der Waals surface area contributed by atoms with Crippen LogP contribution in [0.4, 0.5) is 5.69 Å². The molecule has 0 bridgehead atoms. The van der Waals surface area contributed by atoms with E-state index in [0.29, 0.717) is 5.15 Å². The molecule has 0 atom stereocenters. The minimum Gasteiger partial charge on any atom is -0.398 e. The smallest absolute Gasteiger partial charge is 0.133 e. The number of nitrogens with two attached hydrogens (primary N) is 1. The van der Waals surface area contributed by atoms with Crippen molar-refractivity contribution in [2.75, 3.05) is 5.73 Å². The zero-order valence-corrected chi connectivity index (χ0v) is 13.2. The van der Waals surface area contributed by atoms with Crippen molar-refractivity contribution < 1.29 is 0 Å². The van der Waals surface area contributed by atoms with Crippen LogP contribution < -0.4 is 5.73 Å². The fourth-order valence-electron chi connectivity index (χ4n) is 2.19. The highest BCUT2D eigenvalue weighted by Gasteiger charge is 2.07. The number of hydrogen-bond acceptors (Lipinski definition) is 3. The summed E-state index contributed by atoms with van der Waals surface area (Å²) in [6.07, 6.45) is 0. The first-order valence-corrected chi connectivity index (χ1v) is 8.03. The van der Waals surface area contributed by atoms with Gasteiger partial charge in [0.2, 0.25) is 0 Å². The molecule has 1 heterocycles. The van der Waals surface area contributed by atoms with Gasteiger partial charge in [-0.1, -0.05) is 35.9 Å². The maximum Gasteiger partial charge on any atom is 0.133 e. The number of rotatable bonds is 3. The minimum atomic E-state index is 0.562. The van der Waals surface area contributed by atoms with Crippen LogP contribution >= 0.6 is 23.4 Å². The van der Waals surface area contributed by atoms with Crippen LogP contribution in [0.3, 0.4) is 0 Å². The Kier molecular flexibility index (Phi) is 4.04. The second-order valence-electron chi connectivity index (χ2n) is 4.96. The van der Waals surface area contributed by atoms with Gasteiger partial charge >= 0.3 is 0 Å². The van der Waals surface area contributed by atoms with Crippen molar-refractivity contribution in [3.05, 3.63) is 64.8 Å². The Morgan fingerprint density at radius 1 is 1.14 bits per heavy atom. The third-order valence-corrected chi connectivity index (χ3v) is 4.76. The summed E-state index contributed by atoms with van der Waals surface area (Å²) in [5, 5.41) is 1.67. The lowest BCUT2D eigenvalue weighted by Gasteiger charge is -2.08. The van der Waals surface area contributed by atoms with Gasteiger partial charge in [0.1, 0.15) is 5.15 Å². The van der Waals surface area contributed by atoms with E-state index in [-0.39, 0.29) is 0 Å². The van der Waals surface area contributed by atoms with Gasteiger partial charge in [0.15, 0.2) is 0 Å². The summed E-state index contributed by atoms with van der Waals surface area (Å²) in [6.45, 7) is 2.04. The zero-order chi connectivity index (χ0) is 14.8. The molecule has 2 nitrogen and oxygen atoms in total. The highest BCUT2D eigenvalue weighted by molar-refractivity contribution is 7.98. The lowest BCUT2D eigenvalue weighted by molar-refractivity contribution is 1.30. The summed E-state index contributed by atoms with van der Waals surface area (Å²) in [4.78, 5) is 5.52. The van der Waals surface area contributed by atoms with Crippen molar-refractivity contribution >= 4 is 40.0 Å². The van der Waals surface area contributed by atoms with E-state index in [2.05, 4.69) is 23.2 Å². The number of hydrogen-bond donors (Lipinski definition) is 1. The Labute approximate surface area is 133 Å². The monoisotopic (exact) mass is 314 g/mol. The Bertz CT molecular complexity index is 802. The number of fused-ring (bicyclic) bond motifs is 1. The van der Waals surface area contributed by atoms with Crippen LogP contribution in [0, 0.1) is 6.92 Å². The number of para-hydroxylation sites is 1. The fourth-order valence-corrected chi connectivity index (χ4v) is 3.40. The van der Waals surface area contributed by atoms with Crippen molar-refractivity contribution in [3.8, 4) is 0 Å². The highest BCUT2D eigenvalue weighted by atomic mass is 35.5. The first-order valence-electron chi connectivity index (χ1n) is 6.66. The third kappa shape index (κ3) is 3.14.